The zero-order valence-corrected chi connectivity index (χ0v) is 70.3. The lowest BCUT2D eigenvalue weighted by Gasteiger charge is -2.37. The van der Waals surface area contributed by atoms with Crippen molar-refractivity contribution in [1.82, 2.24) is 72.7 Å². The predicted octanol–water partition coefficient (Wildman–Crippen LogP) is 12.9. The molecule has 3 spiro atoms. The van der Waals surface area contributed by atoms with Crippen molar-refractivity contribution >= 4 is 96.9 Å². The molecule has 6 bridgehead atoms. The highest BCUT2D eigenvalue weighted by Gasteiger charge is 2.51. The van der Waals surface area contributed by atoms with Crippen LogP contribution in [-0.2, 0) is 65.1 Å². The van der Waals surface area contributed by atoms with E-state index in [1.54, 1.807) is 42.4 Å². The molecule has 0 radical (unpaired) electrons. The molecule has 29 nitrogen and oxygen atoms in total. The minimum absolute atomic E-state index is 0.0292. The number of benzene rings is 6. The number of nitrogens with one attached hydrogen (secondary N) is 3. The van der Waals surface area contributed by atoms with Gasteiger partial charge in [-0.3, -0.25) is 28.9 Å². The van der Waals surface area contributed by atoms with E-state index in [9.17, 15) is 24.0 Å². The number of rotatable bonds is 7. The van der Waals surface area contributed by atoms with Gasteiger partial charge in [-0.1, -0.05) is 54.7 Å². The summed E-state index contributed by atoms with van der Waals surface area (Å²) in [5.41, 5.74) is 18.2. The van der Waals surface area contributed by atoms with Crippen molar-refractivity contribution in [2.45, 2.75) is 152 Å². The molecule has 124 heavy (non-hydrogen) atoms. The van der Waals surface area contributed by atoms with Gasteiger partial charge in [0.1, 0.15) is 40.0 Å². The standard InChI is InChI=1S/C33H35N7O3.C31H31N7O3.C31H33N7O2/c1-21(2)37-18-22-7-8-23(15-26(22)33(20-37)11-12-33)35-32-34-17-25-30(36-32)40-24-9-10-28-27(16-24)38(29(41)19-43-28)13-5-3-4-6-14-39(40)31(25)42;1-35-17-20-6-7-21(14-24(20)31(19-35)10-11-31)33-30-32-16-23-28(34-30)38-22-8-9-26-25(15-22)36(27(39)18-41-26)12-4-2-3-5-13-37(38)29(23)40;1-35-19-21-16-22(6-8-25(21)31(20-35)10-11-31)33-30-32-18-24-28(34-30)38-23-7-9-27-26(17-23)36(14-15-40-27)12-4-2-3-5-13-37(38)29(24)39/h4,6-10,15-17,21H,3,5,11-14,18-20H2,1-2H3,(H,34,35,36);3,5-9,14-16H,2,4,10-13,17-19H2,1H3,(H,32,33,34);3,5-9,16-18H,2,4,10-15,19-20H2,1H3,(H,32,33,34). The van der Waals surface area contributed by atoms with Crippen molar-refractivity contribution in [2.24, 2.45) is 0 Å². The highest BCUT2D eigenvalue weighted by atomic mass is 16.5. The van der Waals surface area contributed by atoms with E-state index in [0.717, 1.165) is 136 Å². The van der Waals surface area contributed by atoms with Crippen LogP contribution in [-0.4, -0.2) is 170 Å². The van der Waals surface area contributed by atoms with Gasteiger partial charge in [0.15, 0.2) is 30.2 Å². The molecule has 6 aromatic heterocycles. The smallest absolute Gasteiger partial charge is 0.278 e. The number of carbonyl (C=O) groups is 2. The van der Waals surface area contributed by atoms with E-state index in [0.29, 0.717) is 125 Å². The summed E-state index contributed by atoms with van der Waals surface area (Å²) < 4.78 is 28.1. The van der Waals surface area contributed by atoms with Crippen molar-refractivity contribution in [2.75, 3.05) is 110 Å². The third-order valence-corrected chi connectivity index (χ3v) is 27.1. The molecule has 12 aromatic rings. The van der Waals surface area contributed by atoms with Gasteiger partial charge in [-0.2, -0.15) is 15.0 Å². The first-order valence-electron chi connectivity index (χ1n) is 43.9. The zero-order valence-electron chi connectivity index (χ0n) is 70.3. The summed E-state index contributed by atoms with van der Waals surface area (Å²) in [5.74, 6) is 3.41. The van der Waals surface area contributed by atoms with Crippen LogP contribution in [0.5, 0.6) is 17.2 Å². The van der Waals surface area contributed by atoms with Crippen LogP contribution in [0.3, 0.4) is 0 Å². The van der Waals surface area contributed by atoms with E-state index >= 15 is 0 Å². The quantitative estimate of drug-likeness (QED) is 0.125. The maximum absolute atomic E-state index is 13.6. The molecule has 3 N–H and O–H groups in total. The Morgan fingerprint density at radius 3 is 1.28 bits per heavy atom. The van der Waals surface area contributed by atoms with E-state index in [1.165, 1.54) is 71.9 Å². The number of carbonyl (C=O) groups excluding carboxylic acids is 2. The highest BCUT2D eigenvalue weighted by molar-refractivity contribution is 5.99. The largest absolute Gasteiger partial charge is 0.490 e. The molecule has 6 aromatic carbocycles. The fraction of sp³-hybridized carbons (Fsp3) is 0.379. The third-order valence-electron chi connectivity index (χ3n) is 27.1. The summed E-state index contributed by atoms with van der Waals surface area (Å²) in [4.78, 5) is 108. The van der Waals surface area contributed by atoms with Crippen LogP contribution < -0.4 is 61.5 Å². The molecule has 0 atom stereocenters. The Morgan fingerprint density at radius 2 is 0.815 bits per heavy atom. The number of anilines is 9. The molecule has 3 saturated carbocycles. The second-order valence-electron chi connectivity index (χ2n) is 35.9. The van der Waals surface area contributed by atoms with Gasteiger partial charge in [0.2, 0.25) is 17.8 Å². The van der Waals surface area contributed by atoms with Crippen LogP contribution in [0.15, 0.2) is 179 Å². The molecule has 3 aliphatic carbocycles. The summed E-state index contributed by atoms with van der Waals surface area (Å²) in [6, 6.07) is 37.8. The molecule has 2 amide bonds. The minimum Gasteiger partial charge on any atom is -0.490 e. The molecule has 632 valence electrons. The first-order valence-corrected chi connectivity index (χ1v) is 43.9. The number of aromatic nitrogens is 12. The summed E-state index contributed by atoms with van der Waals surface area (Å²) in [6.07, 6.45) is 30.0. The lowest BCUT2D eigenvalue weighted by atomic mass is 9.86. The number of hydrogen-bond acceptors (Lipinski definition) is 21. The Hall–Kier alpha value is -13.0. The lowest BCUT2D eigenvalue weighted by molar-refractivity contribution is -0.122. The second kappa shape index (κ2) is 30.5. The first-order chi connectivity index (χ1) is 60.5. The van der Waals surface area contributed by atoms with Crippen molar-refractivity contribution < 1.29 is 23.8 Å². The maximum Gasteiger partial charge on any atom is 0.278 e. The Morgan fingerprint density at radius 1 is 0.403 bits per heavy atom. The molecule has 24 rings (SSSR count). The van der Waals surface area contributed by atoms with E-state index in [-0.39, 0.29) is 52.5 Å². The Bertz CT molecular complexity index is 6670. The number of amides is 2. The number of allylic oxidation sites excluding steroid dienone is 6. The SMILES string of the molecule is CC(C)N1Cc2ccc(Nc3ncc4c(=O)n5n(c4n3)-c3ccc4c(c3)N(CCCC=CC5)C(=O)CO4)cc2C2(CC2)C1.CN1Cc2cc(Nc3ncc4c(=O)n5n(c4n3)-c3ccc4c(c3)N(CCCC=CC5)CCO4)ccc2C2(CC2)C1.CN1Cc2ccc(Nc3ncc4c(=O)n5n(c4n3)-c3ccc4c(c3)N(CCCC=CC5)C(=O)CO4)cc2C2(CC2)C1. The van der Waals surface area contributed by atoms with Gasteiger partial charge >= 0.3 is 0 Å². The number of fused-ring (bicyclic) bond motifs is 21. The lowest BCUT2D eigenvalue weighted by Crippen LogP contribution is -2.41. The normalized spacial score (nSPS) is 19.2. The second-order valence-corrected chi connectivity index (χ2v) is 35.9. The first kappa shape index (κ1) is 77.1. The van der Waals surface area contributed by atoms with E-state index in [1.807, 2.05) is 74.7 Å². The van der Waals surface area contributed by atoms with Crippen LogP contribution in [0.4, 0.5) is 52.0 Å². The Kier molecular flexibility index (Phi) is 19.0. The van der Waals surface area contributed by atoms with Crippen molar-refractivity contribution in [3.05, 3.63) is 229 Å². The molecule has 0 unspecified atom stereocenters. The fourth-order valence-corrected chi connectivity index (χ4v) is 20.3. The van der Waals surface area contributed by atoms with Crippen LogP contribution in [0.2, 0.25) is 0 Å². The molecule has 9 aliphatic heterocycles. The van der Waals surface area contributed by atoms with Crippen molar-refractivity contribution in [3.8, 4) is 34.3 Å². The number of hydrogen-bond donors (Lipinski definition) is 3. The average Bonchev–Trinajstić information content (AvgIpc) is 1.57. The summed E-state index contributed by atoms with van der Waals surface area (Å²) >= 11 is 0. The molecule has 15 heterocycles. The monoisotopic (exact) mass is 1660 g/mol. The predicted molar refractivity (Wildman–Crippen MR) is 478 cm³/mol. The van der Waals surface area contributed by atoms with Gasteiger partial charge in [0.05, 0.1) is 60.3 Å². The number of likely N-dealkylation sites (N-methyl/N-ethyl adjacent to an activating group) is 2. The molecule has 3 fully saturated rings. The molecule has 0 saturated heterocycles. The van der Waals surface area contributed by atoms with Crippen molar-refractivity contribution in [1.29, 1.82) is 0 Å². The van der Waals surface area contributed by atoms with Crippen LogP contribution in [0.1, 0.15) is 124 Å². The van der Waals surface area contributed by atoms with Gasteiger partial charge in [0, 0.05) is 117 Å². The zero-order chi connectivity index (χ0) is 83.9. The van der Waals surface area contributed by atoms with Crippen LogP contribution in [0.25, 0.3) is 50.2 Å². The molecule has 29 heteroatoms. The van der Waals surface area contributed by atoms with E-state index < -0.39 is 0 Å². The van der Waals surface area contributed by atoms with E-state index in [4.69, 9.17) is 29.2 Å². The average molecular weight is 1660 g/mol. The van der Waals surface area contributed by atoms with Gasteiger partial charge in [-0.05, 0) is 229 Å². The molecular weight excluding hydrogens is 1560 g/mol. The Labute approximate surface area is 715 Å². The van der Waals surface area contributed by atoms with E-state index in [2.05, 4.69) is 163 Å². The fourth-order valence-electron chi connectivity index (χ4n) is 20.3. The van der Waals surface area contributed by atoms with Gasteiger partial charge in [0.25, 0.3) is 28.5 Å². The third kappa shape index (κ3) is 13.9. The number of ether oxygens (including phenoxy) is 3. The molecular formula is C95H99N21O8. The summed E-state index contributed by atoms with van der Waals surface area (Å²) in [5, 5.41) is 11.6. The van der Waals surface area contributed by atoms with Gasteiger partial charge < -0.3 is 54.7 Å². The topological polar surface area (TPSA) is 275 Å². The maximum atomic E-state index is 13.6. The summed E-state index contributed by atoms with van der Waals surface area (Å²) in [7, 11) is 4.39. The van der Waals surface area contributed by atoms with Crippen LogP contribution in [0, 0.1) is 0 Å². The Balaban J connectivity index is 0.000000111. The number of nitrogens with zero attached hydrogens (tertiary/aromatic N) is 18. The van der Waals surface area contributed by atoms with Gasteiger partial charge in [-0.15, -0.1) is 0 Å². The summed E-state index contributed by atoms with van der Waals surface area (Å²) in [6.45, 7) is 15.8. The molecule has 12 aliphatic rings. The van der Waals surface area contributed by atoms with Gasteiger partial charge in [-0.25, -0.2) is 43.0 Å². The minimum atomic E-state index is -0.163. The van der Waals surface area contributed by atoms with Crippen molar-refractivity contribution in [3.63, 3.8) is 0 Å². The highest BCUT2D eigenvalue weighted by Crippen LogP contribution is 2.56. The van der Waals surface area contributed by atoms with Crippen LogP contribution >= 0.6 is 0 Å².